The Morgan fingerprint density at radius 3 is 2.50 bits per heavy atom. The van der Waals surface area contributed by atoms with Crippen molar-refractivity contribution in [3.8, 4) is 0 Å². The van der Waals surface area contributed by atoms with Crippen LogP contribution in [0.2, 0.25) is 5.02 Å². The average molecular weight is 343 g/mol. The standard InChI is InChI=1S/C16H23ClN2O2S/c1-6-22-13-8-7-11(17)9-12(13)15(21)18-10(2)14(20)19-16(3,4)5/h7-10H,6H2,1-5H3,(H,18,21)(H,19,20)/t10-/m1/s1. The van der Waals surface area contributed by atoms with Gasteiger partial charge >= 0.3 is 0 Å². The number of rotatable bonds is 5. The maximum Gasteiger partial charge on any atom is 0.253 e. The van der Waals surface area contributed by atoms with Crippen molar-refractivity contribution in [2.75, 3.05) is 5.75 Å². The molecule has 0 radical (unpaired) electrons. The van der Waals surface area contributed by atoms with Gasteiger partial charge in [-0.1, -0.05) is 18.5 Å². The maximum atomic E-state index is 12.4. The van der Waals surface area contributed by atoms with Gasteiger partial charge in [0.05, 0.1) is 5.56 Å². The van der Waals surface area contributed by atoms with Crippen LogP contribution in [0.15, 0.2) is 23.1 Å². The predicted octanol–water partition coefficient (Wildman–Crippen LogP) is 3.49. The molecule has 0 aliphatic carbocycles. The molecule has 2 amide bonds. The Morgan fingerprint density at radius 2 is 1.95 bits per heavy atom. The molecule has 0 unspecified atom stereocenters. The number of carbonyl (C=O) groups excluding carboxylic acids is 2. The smallest absolute Gasteiger partial charge is 0.253 e. The summed E-state index contributed by atoms with van der Waals surface area (Å²) in [7, 11) is 0. The van der Waals surface area contributed by atoms with Crippen molar-refractivity contribution in [1.29, 1.82) is 0 Å². The molecule has 0 aliphatic rings. The summed E-state index contributed by atoms with van der Waals surface area (Å²) in [5.74, 6) is 0.338. The third-order valence-corrected chi connectivity index (χ3v) is 3.92. The van der Waals surface area contributed by atoms with E-state index in [1.165, 1.54) is 0 Å². The third-order valence-electron chi connectivity index (χ3n) is 2.73. The molecular formula is C16H23ClN2O2S. The number of halogens is 1. The summed E-state index contributed by atoms with van der Waals surface area (Å²) in [5.41, 5.74) is 0.157. The molecule has 1 aromatic rings. The lowest BCUT2D eigenvalue weighted by atomic mass is 10.1. The Bertz CT molecular complexity index is 556. The summed E-state index contributed by atoms with van der Waals surface area (Å²) < 4.78 is 0. The Balaban J connectivity index is 2.84. The van der Waals surface area contributed by atoms with Gasteiger partial charge in [0.2, 0.25) is 5.91 Å². The zero-order valence-electron chi connectivity index (χ0n) is 13.6. The summed E-state index contributed by atoms with van der Waals surface area (Å²) in [6.07, 6.45) is 0. The van der Waals surface area contributed by atoms with Crippen LogP contribution in [0.1, 0.15) is 45.0 Å². The van der Waals surface area contributed by atoms with E-state index >= 15 is 0 Å². The van der Waals surface area contributed by atoms with Crippen LogP contribution in [0.5, 0.6) is 0 Å². The Hall–Kier alpha value is -1.20. The molecule has 0 heterocycles. The lowest BCUT2D eigenvalue weighted by molar-refractivity contribution is -0.124. The lowest BCUT2D eigenvalue weighted by Gasteiger charge is -2.24. The SMILES string of the molecule is CCSc1ccc(Cl)cc1C(=O)N[C@H](C)C(=O)NC(C)(C)C. The number of amides is 2. The van der Waals surface area contributed by atoms with Crippen molar-refractivity contribution in [2.45, 2.75) is 51.1 Å². The highest BCUT2D eigenvalue weighted by atomic mass is 35.5. The molecular weight excluding hydrogens is 320 g/mol. The van der Waals surface area contributed by atoms with Crippen molar-refractivity contribution in [2.24, 2.45) is 0 Å². The predicted molar refractivity (Wildman–Crippen MR) is 92.7 cm³/mol. The first-order valence-corrected chi connectivity index (χ1v) is 8.55. The first kappa shape index (κ1) is 18.8. The first-order chi connectivity index (χ1) is 10.1. The molecule has 0 spiro atoms. The van der Waals surface area contributed by atoms with E-state index < -0.39 is 6.04 Å². The Kier molecular flexibility index (Phi) is 6.75. The van der Waals surface area contributed by atoms with E-state index in [9.17, 15) is 9.59 Å². The minimum absolute atomic E-state index is 0.215. The van der Waals surface area contributed by atoms with Crippen LogP contribution < -0.4 is 10.6 Å². The summed E-state index contributed by atoms with van der Waals surface area (Å²) in [4.78, 5) is 25.3. The van der Waals surface area contributed by atoms with Crippen LogP contribution in [-0.2, 0) is 4.79 Å². The lowest BCUT2D eigenvalue weighted by Crippen LogP contribution is -2.50. The van der Waals surface area contributed by atoms with Crippen LogP contribution in [0, 0.1) is 0 Å². The third kappa shape index (κ3) is 5.89. The van der Waals surface area contributed by atoms with Crippen LogP contribution in [-0.4, -0.2) is 29.1 Å². The fraction of sp³-hybridized carbons (Fsp3) is 0.500. The monoisotopic (exact) mass is 342 g/mol. The molecule has 2 N–H and O–H groups in total. The van der Waals surface area contributed by atoms with Crippen molar-refractivity contribution in [1.82, 2.24) is 10.6 Å². The average Bonchev–Trinajstić information content (AvgIpc) is 2.38. The summed E-state index contributed by atoms with van der Waals surface area (Å²) in [6, 6.07) is 4.59. The van der Waals surface area contributed by atoms with Gasteiger partial charge in [0, 0.05) is 15.5 Å². The minimum Gasteiger partial charge on any atom is -0.350 e. The molecule has 1 aromatic carbocycles. The van der Waals surface area contributed by atoms with E-state index in [1.54, 1.807) is 30.8 Å². The summed E-state index contributed by atoms with van der Waals surface area (Å²) in [6.45, 7) is 9.36. The molecule has 0 fully saturated rings. The van der Waals surface area contributed by atoms with Gasteiger partial charge in [0.1, 0.15) is 6.04 Å². The number of hydrogen-bond donors (Lipinski definition) is 2. The molecule has 4 nitrogen and oxygen atoms in total. The van der Waals surface area contributed by atoms with Crippen LogP contribution in [0.25, 0.3) is 0 Å². The van der Waals surface area contributed by atoms with Crippen molar-refractivity contribution < 1.29 is 9.59 Å². The maximum absolute atomic E-state index is 12.4. The van der Waals surface area contributed by atoms with Crippen molar-refractivity contribution in [3.63, 3.8) is 0 Å². The van der Waals surface area contributed by atoms with E-state index in [1.807, 2.05) is 33.8 Å². The fourth-order valence-corrected chi connectivity index (χ4v) is 2.73. The van der Waals surface area contributed by atoms with Crippen LogP contribution >= 0.6 is 23.4 Å². The molecule has 22 heavy (non-hydrogen) atoms. The Morgan fingerprint density at radius 1 is 1.32 bits per heavy atom. The quantitative estimate of drug-likeness (QED) is 0.805. The molecule has 0 saturated heterocycles. The molecule has 0 bridgehead atoms. The molecule has 1 rings (SSSR count). The van der Waals surface area contributed by atoms with Gasteiger partial charge < -0.3 is 10.6 Å². The molecule has 0 saturated carbocycles. The molecule has 0 aromatic heterocycles. The second-order valence-electron chi connectivity index (χ2n) is 6.01. The van der Waals surface area contributed by atoms with E-state index in [2.05, 4.69) is 10.6 Å². The topological polar surface area (TPSA) is 58.2 Å². The normalized spacial score (nSPS) is 12.6. The molecule has 0 aliphatic heterocycles. The number of carbonyl (C=O) groups is 2. The highest BCUT2D eigenvalue weighted by Gasteiger charge is 2.22. The van der Waals surface area contributed by atoms with E-state index in [-0.39, 0.29) is 17.4 Å². The largest absolute Gasteiger partial charge is 0.350 e. The number of nitrogens with one attached hydrogen (secondary N) is 2. The van der Waals surface area contributed by atoms with Gasteiger partial charge in [-0.05, 0) is 51.6 Å². The van der Waals surface area contributed by atoms with Crippen LogP contribution in [0.3, 0.4) is 0 Å². The second-order valence-corrected chi connectivity index (χ2v) is 7.75. The molecule has 122 valence electrons. The summed E-state index contributed by atoms with van der Waals surface area (Å²) in [5, 5.41) is 6.06. The van der Waals surface area contributed by atoms with E-state index in [4.69, 9.17) is 11.6 Å². The Labute approximate surface area is 141 Å². The minimum atomic E-state index is -0.620. The molecule has 6 heteroatoms. The number of hydrogen-bond acceptors (Lipinski definition) is 3. The van der Waals surface area contributed by atoms with Crippen LogP contribution in [0.4, 0.5) is 0 Å². The van der Waals surface area contributed by atoms with Gasteiger partial charge in [-0.2, -0.15) is 0 Å². The van der Waals surface area contributed by atoms with Gasteiger partial charge in [-0.15, -0.1) is 11.8 Å². The highest BCUT2D eigenvalue weighted by molar-refractivity contribution is 7.99. The van der Waals surface area contributed by atoms with Gasteiger partial charge in [-0.25, -0.2) is 0 Å². The summed E-state index contributed by atoms with van der Waals surface area (Å²) >= 11 is 7.54. The zero-order chi connectivity index (χ0) is 16.9. The van der Waals surface area contributed by atoms with Gasteiger partial charge in [0.15, 0.2) is 0 Å². The fourth-order valence-electron chi connectivity index (χ4n) is 1.78. The second kappa shape index (κ2) is 7.88. The van der Waals surface area contributed by atoms with Crippen molar-refractivity contribution in [3.05, 3.63) is 28.8 Å². The highest BCUT2D eigenvalue weighted by Crippen LogP contribution is 2.25. The molecule has 1 atom stereocenters. The number of thioether (sulfide) groups is 1. The van der Waals surface area contributed by atoms with Gasteiger partial charge in [0.25, 0.3) is 5.91 Å². The first-order valence-electron chi connectivity index (χ1n) is 7.19. The van der Waals surface area contributed by atoms with E-state index in [0.29, 0.717) is 10.6 Å². The zero-order valence-corrected chi connectivity index (χ0v) is 15.2. The van der Waals surface area contributed by atoms with Crippen molar-refractivity contribution >= 4 is 35.2 Å². The van der Waals surface area contributed by atoms with E-state index in [0.717, 1.165) is 10.6 Å². The number of benzene rings is 1. The van der Waals surface area contributed by atoms with Gasteiger partial charge in [-0.3, -0.25) is 9.59 Å².